The molecule has 1 aromatic heterocycles. The molecule has 1 heterocycles. The van der Waals surface area contributed by atoms with E-state index in [0.717, 1.165) is 37.0 Å². The average Bonchev–Trinajstić information content (AvgIpc) is 2.87. The van der Waals surface area contributed by atoms with Crippen molar-refractivity contribution < 1.29 is 14.8 Å². The molecule has 0 aliphatic heterocycles. The summed E-state index contributed by atoms with van der Waals surface area (Å²) in [5.41, 5.74) is -0.502. The fourth-order valence-corrected chi connectivity index (χ4v) is 3.07. The summed E-state index contributed by atoms with van der Waals surface area (Å²) < 4.78 is 0. The molecule has 18 heavy (non-hydrogen) atoms. The molecule has 1 fully saturated rings. The second-order valence-corrected chi connectivity index (χ2v) is 5.45. The van der Waals surface area contributed by atoms with Gasteiger partial charge in [0, 0.05) is 5.54 Å². The Morgan fingerprint density at radius 1 is 1.61 bits per heavy atom. The normalized spacial score (nSPS) is 17.6. The molecule has 7 nitrogen and oxygen atoms in total. The highest BCUT2D eigenvalue weighted by atomic mass is 32.1. The van der Waals surface area contributed by atoms with Gasteiger partial charge in [-0.05, 0) is 24.2 Å². The van der Waals surface area contributed by atoms with Gasteiger partial charge in [0.2, 0.25) is 0 Å². The molecule has 0 unspecified atom stereocenters. The van der Waals surface area contributed by atoms with E-state index < -0.39 is 16.4 Å². The molecular formula is C10H13N3O4S. The SMILES string of the molecule is O=C(O)CC1(Nc2ncc([N+](=O)[O-])s2)CCCC1. The van der Waals surface area contributed by atoms with Crippen molar-refractivity contribution in [2.24, 2.45) is 0 Å². The van der Waals surface area contributed by atoms with E-state index in [9.17, 15) is 14.9 Å². The lowest BCUT2D eigenvalue weighted by Crippen LogP contribution is -2.37. The smallest absolute Gasteiger partial charge is 0.345 e. The number of hydrogen-bond donors (Lipinski definition) is 2. The van der Waals surface area contributed by atoms with Gasteiger partial charge < -0.3 is 10.4 Å². The molecule has 8 heteroatoms. The maximum absolute atomic E-state index is 10.9. The fourth-order valence-electron chi connectivity index (χ4n) is 2.32. The monoisotopic (exact) mass is 271 g/mol. The third kappa shape index (κ3) is 2.76. The second kappa shape index (κ2) is 4.89. The van der Waals surface area contributed by atoms with Crippen molar-refractivity contribution in [3.05, 3.63) is 16.3 Å². The van der Waals surface area contributed by atoms with Crippen LogP contribution in [0.5, 0.6) is 0 Å². The number of anilines is 1. The molecule has 1 aliphatic rings. The molecule has 2 rings (SSSR count). The molecule has 0 spiro atoms. The molecule has 0 radical (unpaired) electrons. The third-order valence-corrected chi connectivity index (χ3v) is 3.96. The van der Waals surface area contributed by atoms with Crippen molar-refractivity contribution in [2.45, 2.75) is 37.6 Å². The molecule has 1 saturated carbocycles. The minimum Gasteiger partial charge on any atom is -0.481 e. The zero-order valence-corrected chi connectivity index (χ0v) is 10.4. The highest BCUT2D eigenvalue weighted by Crippen LogP contribution is 2.37. The van der Waals surface area contributed by atoms with E-state index in [1.165, 1.54) is 6.20 Å². The van der Waals surface area contributed by atoms with E-state index in [1.807, 2.05) is 0 Å². The number of nitro groups is 1. The van der Waals surface area contributed by atoms with Crippen LogP contribution in [0.3, 0.4) is 0 Å². The van der Waals surface area contributed by atoms with Crippen molar-refractivity contribution in [1.29, 1.82) is 0 Å². The predicted octanol–water partition coefficient (Wildman–Crippen LogP) is 2.25. The van der Waals surface area contributed by atoms with Gasteiger partial charge in [-0.3, -0.25) is 14.9 Å². The number of hydrogen-bond acceptors (Lipinski definition) is 6. The number of nitrogens with one attached hydrogen (secondary N) is 1. The minimum atomic E-state index is -0.865. The summed E-state index contributed by atoms with van der Waals surface area (Å²) >= 11 is 0.939. The van der Waals surface area contributed by atoms with Gasteiger partial charge in [0.15, 0.2) is 5.13 Å². The van der Waals surface area contributed by atoms with Crippen molar-refractivity contribution in [3.63, 3.8) is 0 Å². The van der Waals surface area contributed by atoms with Crippen molar-refractivity contribution in [2.75, 3.05) is 5.32 Å². The standard InChI is InChI=1S/C10H13N3O4S/c14-8(15)5-10(3-1-2-4-10)12-9-11-6-7(18-9)13(16)17/h6H,1-5H2,(H,11,12)(H,14,15). The van der Waals surface area contributed by atoms with Gasteiger partial charge in [0.1, 0.15) is 6.20 Å². The highest BCUT2D eigenvalue weighted by Gasteiger charge is 2.37. The van der Waals surface area contributed by atoms with Gasteiger partial charge in [0.25, 0.3) is 0 Å². The van der Waals surface area contributed by atoms with E-state index in [4.69, 9.17) is 5.11 Å². The van der Waals surface area contributed by atoms with Gasteiger partial charge in [0.05, 0.1) is 11.3 Å². The lowest BCUT2D eigenvalue weighted by molar-refractivity contribution is -0.380. The maximum Gasteiger partial charge on any atom is 0.345 e. The van der Waals surface area contributed by atoms with Crippen molar-refractivity contribution >= 4 is 27.4 Å². The Bertz CT molecular complexity index is 467. The summed E-state index contributed by atoms with van der Waals surface area (Å²) in [5, 5.41) is 23.0. The number of aromatic nitrogens is 1. The first kappa shape index (κ1) is 12.7. The maximum atomic E-state index is 10.9. The fraction of sp³-hybridized carbons (Fsp3) is 0.600. The molecule has 0 aromatic carbocycles. The first-order valence-corrected chi connectivity index (χ1v) is 6.43. The van der Waals surface area contributed by atoms with Crippen molar-refractivity contribution in [3.8, 4) is 0 Å². The lowest BCUT2D eigenvalue weighted by Gasteiger charge is -2.28. The second-order valence-electron chi connectivity index (χ2n) is 4.44. The van der Waals surface area contributed by atoms with Crippen LogP contribution in [0.4, 0.5) is 10.1 Å². The summed E-state index contributed by atoms with van der Waals surface area (Å²) in [5.74, 6) is -0.865. The van der Waals surface area contributed by atoms with Crippen LogP contribution in [0, 0.1) is 10.1 Å². The molecule has 1 aliphatic carbocycles. The number of nitrogens with zero attached hydrogens (tertiary/aromatic N) is 2. The Morgan fingerprint density at radius 3 is 2.78 bits per heavy atom. The number of thiazole rings is 1. The summed E-state index contributed by atoms with van der Waals surface area (Å²) in [6, 6.07) is 0. The molecule has 0 amide bonds. The molecule has 0 bridgehead atoms. The predicted molar refractivity (Wildman–Crippen MR) is 65.8 cm³/mol. The average molecular weight is 271 g/mol. The largest absolute Gasteiger partial charge is 0.481 e. The number of carbonyl (C=O) groups is 1. The van der Waals surface area contributed by atoms with Crippen LogP contribution < -0.4 is 5.32 Å². The van der Waals surface area contributed by atoms with Crippen LogP contribution in [0.2, 0.25) is 0 Å². The Balaban J connectivity index is 2.13. The van der Waals surface area contributed by atoms with Gasteiger partial charge in [-0.15, -0.1) is 0 Å². The minimum absolute atomic E-state index is 0.0143. The lowest BCUT2D eigenvalue weighted by atomic mass is 9.93. The van der Waals surface area contributed by atoms with Gasteiger partial charge in [-0.1, -0.05) is 12.8 Å². The zero-order chi connectivity index (χ0) is 13.2. The summed E-state index contributed by atoms with van der Waals surface area (Å²) in [6.07, 6.45) is 4.65. The number of rotatable bonds is 5. The Morgan fingerprint density at radius 2 is 2.28 bits per heavy atom. The Hall–Kier alpha value is -1.70. The van der Waals surface area contributed by atoms with Crippen LogP contribution in [0.25, 0.3) is 0 Å². The molecule has 2 N–H and O–H groups in total. The van der Waals surface area contributed by atoms with Crippen LogP contribution in [-0.4, -0.2) is 26.5 Å². The van der Waals surface area contributed by atoms with E-state index >= 15 is 0 Å². The van der Waals surface area contributed by atoms with E-state index in [-0.39, 0.29) is 11.4 Å². The van der Waals surface area contributed by atoms with E-state index in [1.54, 1.807) is 0 Å². The van der Waals surface area contributed by atoms with Crippen LogP contribution in [0.1, 0.15) is 32.1 Å². The molecule has 0 saturated heterocycles. The third-order valence-electron chi connectivity index (χ3n) is 3.10. The number of carboxylic acid groups (broad SMARTS) is 1. The Labute approximate surface area is 107 Å². The first-order chi connectivity index (χ1) is 8.51. The molecule has 98 valence electrons. The topological polar surface area (TPSA) is 105 Å². The molecular weight excluding hydrogens is 258 g/mol. The number of carboxylic acids is 1. The summed E-state index contributed by atoms with van der Waals surface area (Å²) in [4.78, 5) is 24.9. The first-order valence-electron chi connectivity index (χ1n) is 5.61. The molecule has 1 aromatic rings. The van der Waals surface area contributed by atoms with Gasteiger partial charge >= 0.3 is 11.0 Å². The quantitative estimate of drug-likeness (QED) is 0.628. The van der Waals surface area contributed by atoms with Crippen molar-refractivity contribution in [1.82, 2.24) is 4.98 Å². The Kier molecular flexibility index (Phi) is 3.46. The van der Waals surface area contributed by atoms with Gasteiger partial charge in [-0.25, -0.2) is 4.98 Å². The van der Waals surface area contributed by atoms with Gasteiger partial charge in [-0.2, -0.15) is 0 Å². The van der Waals surface area contributed by atoms with E-state index in [0.29, 0.717) is 5.13 Å². The number of aliphatic carboxylic acids is 1. The summed E-state index contributed by atoms with van der Waals surface area (Å²) in [6.45, 7) is 0. The van der Waals surface area contributed by atoms with Crippen LogP contribution >= 0.6 is 11.3 Å². The summed E-state index contributed by atoms with van der Waals surface area (Å²) in [7, 11) is 0. The van der Waals surface area contributed by atoms with Crippen LogP contribution in [-0.2, 0) is 4.79 Å². The van der Waals surface area contributed by atoms with E-state index in [2.05, 4.69) is 10.3 Å². The highest BCUT2D eigenvalue weighted by molar-refractivity contribution is 7.18. The zero-order valence-electron chi connectivity index (χ0n) is 9.59. The van der Waals surface area contributed by atoms with Crippen LogP contribution in [0.15, 0.2) is 6.20 Å². The molecule has 0 atom stereocenters.